The number of aliphatic imine (C=N–C) groups is 1. The van der Waals surface area contributed by atoms with Gasteiger partial charge in [-0.25, -0.2) is 4.79 Å². The third-order valence-corrected chi connectivity index (χ3v) is 4.23. The van der Waals surface area contributed by atoms with Gasteiger partial charge in [0, 0.05) is 27.2 Å². The Bertz CT molecular complexity index is 412. The molecule has 0 radical (unpaired) electrons. The molecule has 1 rings (SSSR count). The molecule has 6 nitrogen and oxygen atoms in total. The second-order valence-electron chi connectivity index (χ2n) is 5.65. The second-order valence-corrected chi connectivity index (χ2v) is 6.41. The van der Waals surface area contributed by atoms with Crippen molar-refractivity contribution in [3.8, 4) is 0 Å². The minimum absolute atomic E-state index is 0.202. The summed E-state index contributed by atoms with van der Waals surface area (Å²) in [5.41, 5.74) is 0. The molecule has 1 saturated carbocycles. The lowest BCUT2D eigenvalue weighted by Crippen LogP contribution is -2.51. The van der Waals surface area contributed by atoms with E-state index >= 15 is 0 Å². The molecule has 21 heavy (non-hydrogen) atoms. The minimum Gasteiger partial charge on any atom is -0.348 e. The Balaban J connectivity index is 2.74. The predicted molar refractivity (Wildman–Crippen MR) is 87.7 cm³/mol. The smallest absolute Gasteiger partial charge is 0.324 e. The van der Waals surface area contributed by atoms with Gasteiger partial charge in [-0.3, -0.25) is 9.69 Å². The molecule has 1 fully saturated rings. The van der Waals surface area contributed by atoms with E-state index in [1.807, 2.05) is 0 Å². The van der Waals surface area contributed by atoms with Crippen LogP contribution >= 0.6 is 11.8 Å². The molecular formula is C14H26N4O2S. The lowest BCUT2D eigenvalue weighted by Gasteiger charge is -2.32. The van der Waals surface area contributed by atoms with Crippen LogP contribution in [0.5, 0.6) is 0 Å². The summed E-state index contributed by atoms with van der Waals surface area (Å²) < 4.78 is 0. The molecule has 0 heterocycles. The fraction of sp³-hybridized carbons (Fsp3) is 0.786. The van der Waals surface area contributed by atoms with E-state index in [4.69, 9.17) is 0 Å². The molecule has 2 unspecified atom stereocenters. The highest BCUT2D eigenvalue weighted by Gasteiger charge is 2.26. The molecule has 2 atom stereocenters. The van der Waals surface area contributed by atoms with Crippen LogP contribution < -0.4 is 5.32 Å². The van der Waals surface area contributed by atoms with Crippen LogP contribution in [0, 0.1) is 5.92 Å². The van der Waals surface area contributed by atoms with Gasteiger partial charge in [0.05, 0.1) is 0 Å². The van der Waals surface area contributed by atoms with Gasteiger partial charge in [-0.15, -0.1) is 0 Å². The van der Waals surface area contributed by atoms with Crippen molar-refractivity contribution in [3.63, 3.8) is 0 Å². The predicted octanol–water partition coefficient (Wildman–Crippen LogP) is 2.61. The van der Waals surface area contributed by atoms with Gasteiger partial charge in [-0.2, -0.15) is 4.99 Å². The number of amides is 3. The van der Waals surface area contributed by atoms with Crippen molar-refractivity contribution >= 4 is 29.0 Å². The van der Waals surface area contributed by atoms with Crippen molar-refractivity contribution < 1.29 is 9.59 Å². The van der Waals surface area contributed by atoms with Crippen LogP contribution in [-0.2, 0) is 0 Å². The maximum absolute atomic E-state index is 12.4. The summed E-state index contributed by atoms with van der Waals surface area (Å²) in [6, 6.07) is -0.0107. The summed E-state index contributed by atoms with van der Waals surface area (Å²) in [5.74, 6) is 0.832. The van der Waals surface area contributed by atoms with Crippen molar-refractivity contribution in [2.45, 2.75) is 38.6 Å². The molecule has 0 spiro atoms. The van der Waals surface area contributed by atoms with Crippen LogP contribution in [-0.4, -0.2) is 60.5 Å². The Labute approximate surface area is 131 Å². The van der Waals surface area contributed by atoms with E-state index in [1.54, 1.807) is 32.3 Å². The number of nitrogens with one attached hydrogen (secondary N) is 1. The molecule has 0 bridgehead atoms. The van der Waals surface area contributed by atoms with E-state index < -0.39 is 0 Å². The first-order valence-corrected chi connectivity index (χ1v) is 8.47. The molecule has 1 aliphatic rings. The van der Waals surface area contributed by atoms with Crippen LogP contribution in [0.15, 0.2) is 4.99 Å². The first-order chi connectivity index (χ1) is 9.86. The summed E-state index contributed by atoms with van der Waals surface area (Å²) in [5, 5.41) is 2.74. The van der Waals surface area contributed by atoms with Gasteiger partial charge in [0.25, 0.3) is 0 Å². The standard InChI is InChI=1S/C14H26N4O2S/c1-10-8-6-7-9-11(10)15-13(19)18(4)12(17(2)3)16-14(20)21-5/h10-11H,6-9H2,1-5H3,(H,15,19). The molecule has 3 amide bonds. The van der Waals surface area contributed by atoms with Crippen molar-refractivity contribution in [3.05, 3.63) is 0 Å². The summed E-state index contributed by atoms with van der Waals surface area (Å²) in [7, 11) is 5.16. The Morgan fingerprint density at radius 3 is 2.33 bits per heavy atom. The van der Waals surface area contributed by atoms with Crippen molar-refractivity contribution in [1.82, 2.24) is 15.1 Å². The van der Waals surface area contributed by atoms with E-state index in [0.29, 0.717) is 11.9 Å². The third kappa shape index (κ3) is 5.22. The maximum atomic E-state index is 12.4. The van der Waals surface area contributed by atoms with Gasteiger partial charge in [-0.1, -0.05) is 31.5 Å². The van der Waals surface area contributed by atoms with Gasteiger partial charge < -0.3 is 10.2 Å². The molecule has 1 aliphatic carbocycles. The molecule has 0 aromatic heterocycles. The topological polar surface area (TPSA) is 65.0 Å². The number of hydrogen-bond donors (Lipinski definition) is 1. The van der Waals surface area contributed by atoms with E-state index in [0.717, 1.165) is 31.0 Å². The van der Waals surface area contributed by atoms with Crippen LogP contribution in [0.25, 0.3) is 0 Å². The summed E-state index contributed by atoms with van der Waals surface area (Å²) >= 11 is 1.02. The summed E-state index contributed by atoms with van der Waals surface area (Å²) in [6.45, 7) is 2.17. The highest BCUT2D eigenvalue weighted by atomic mass is 32.2. The highest BCUT2D eigenvalue weighted by Crippen LogP contribution is 2.23. The molecule has 0 aromatic carbocycles. The zero-order chi connectivity index (χ0) is 16.0. The number of thioether (sulfide) groups is 1. The van der Waals surface area contributed by atoms with Crippen molar-refractivity contribution in [2.75, 3.05) is 27.4 Å². The van der Waals surface area contributed by atoms with E-state index in [1.165, 1.54) is 11.3 Å². The molecular weight excluding hydrogens is 288 g/mol. The fourth-order valence-electron chi connectivity index (χ4n) is 2.48. The van der Waals surface area contributed by atoms with E-state index in [-0.39, 0.29) is 17.3 Å². The Kier molecular flexibility index (Phi) is 7.01. The average Bonchev–Trinajstić information content (AvgIpc) is 2.45. The summed E-state index contributed by atoms with van der Waals surface area (Å²) in [6.07, 6.45) is 6.21. The first-order valence-electron chi connectivity index (χ1n) is 7.25. The monoisotopic (exact) mass is 314 g/mol. The van der Waals surface area contributed by atoms with Crippen LogP contribution in [0.2, 0.25) is 0 Å². The fourth-order valence-corrected chi connectivity index (χ4v) is 2.65. The van der Waals surface area contributed by atoms with Crippen molar-refractivity contribution in [2.24, 2.45) is 10.9 Å². The Morgan fingerprint density at radius 2 is 1.81 bits per heavy atom. The van der Waals surface area contributed by atoms with Crippen LogP contribution in [0.1, 0.15) is 32.6 Å². The number of urea groups is 1. The Hall–Kier alpha value is -1.24. The normalized spacial score (nSPS) is 22.6. The number of carbonyl (C=O) groups is 2. The third-order valence-electron chi connectivity index (χ3n) is 3.79. The molecule has 120 valence electrons. The molecule has 0 aromatic rings. The molecule has 0 saturated heterocycles. The van der Waals surface area contributed by atoms with Crippen LogP contribution in [0.3, 0.4) is 0 Å². The highest BCUT2D eigenvalue weighted by molar-refractivity contribution is 8.13. The van der Waals surface area contributed by atoms with E-state index in [2.05, 4.69) is 17.2 Å². The quantitative estimate of drug-likeness (QED) is 0.597. The maximum Gasteiger partial charge on any atom is 0.324 e. The number of guanidine groups is 1. The zero-order valence-electron chi connectivity index (χ0n) is 13.5. The lowest BCUT2D eigenvalue weighted by atomic mass is 9.86. The number of nitrogens with zero attached hydrogens (tertiary/aromatic N) is 3. The zero-order valence-corrected chi connectivity index (χ0v) is 14.4. The SMILES string of the molecule is CSC(=O)N=C(N(C)C)N(C)C(=O)NC1CCCCC1C. The molecule has 0 aliphatic heterocycles. The van der Waals surface area contributed by atoms with Gasteiger partial charge >= 0.3 is 11.3 Å². The minimum atomic E-state index is -0.315. The number of hydrogen-bond acceptors (Lipinski definition) is 3. The van der Waals surface area contributed by atoms with E-state index in [9.17, 15) is 9.59 Å². The van der Waals surface area contributed by atoms with Gasteiger partial charge in [0.2, 0.25) is 5.96 Å². The molecule has 1 N–H and O–H groups in total. The van der Waals surface area contributed by atoms with Gasteiger partial charge in [0.15, 0.2) is 0 Å². The van der Waals surface area contributed by atoms with Gasteiger partial charge in [0.1, 0.15) is 0 Å². The number of carbonyl (C=O) groups excluding carboxylic acids is 2. The first kappa shape index (κ1) is 17.8. The largest absolute Gasteiger partial charge is 0.348 e. The second kappa shape index (κ2) is 8.26. The summed E-state index contributed by atoms with van der Waals surface area (Å²) in [4.78, 5) is 30.9. The average molecular weight is 314 g/mol. The van der Waals surface area contributed by atoms with Crippen molar-refractivity contribution in [1.29, 1.82) is 0 Å². The van der Waals surface area contributed by atoms with Gasteiger partial charge in [-0.05, 0) is 25.0 Å². The molecule has 7 heteroatoms. The lowest BCUT2D eigenvalue weighted by molar-refractivity contribution is 0.205. The Morgan fingerprint density at radius 1 is 1.19 bits per heavy atom. The van der Waals surface area contributed by atoms with Crippen LogP contribution in [0.4, 0.5) is 9.59 Å². The number of rotatable bonds is 1.